The van der Waals surface area contributed by atoms with Crippen LogP contribution in [0.25, 0.3) is 22.3 Å². The average Bonchev–Trinajstić information content (AvgIpc) is 3.12. The second-order valence-corrected chi connectivity index (χ2v) is 8.06. The third-order valence-corrected chi connectivity index (χ3v) is 5.93. The Labute approximate surface area is 173 Å². The number of hydrogen-bond donors (Lipinski definition) is 2. The van der Waals surface area contributed by atoms with E-state index in [0.717, 1.165) is 29.9 Å². The van der Waals surface area contributed by atoms with Crippen LogP contribution in [0.2, 0.25) is 5.02 Å². The maximum Gasteiger partial charge on any atom is 0.254 e. The van der Waals surface area contributed by atoms with Crippen molar-refractivity contribution in [2.45, 2.75) is 26.4 Å². The van der Waals surface area contributed by atoms with Gasteiger partial charge in [-0.3, -0.25) is 9.69 Å². The van der Waals surface area contributed by atoms with Crippen molar-refractivity contribution in [3.8, 4) is 11.4 Å². The van der Waals surface area contributed by atoms with Crippen molar-refractivity contribution in [2.24, 2.45) is 0 Å². The minimum atomic E-state index is -0.0395. The highest BCUT2D eigenvalue weighted by atomic mass is 35.5. The van der Waals surface area contributed by atoms with E-state index in [1.807, 2.05) is 24.3 Å². The number of aromatic nitrogens is 3. The van der Waals surface area contributed by atoms with Crippen molar-refractivity contribution < 1.29 is 0 Å². The Kier molecular flexibility index (Phi) is 4.49. The Morgan fingerprint density at radius 3 is 2.83 bits per heavy atom. The summed E-state index contributed by atoms with van der Waals surface area (Å²) < 4.78 is 0. The Balaban J connectivity index is 1.44. The van der Waals surface area contributed by atoms with Gasteiger partial charge in [0, 0.05) is 52.9 Å². The van der Waals surface area contributed by atoms with Gasteiger partial charge in [0.2, 0.25) is 0 Å². The summed E-state index contributed by atoms with van der Waals surface area (Å²) in [6.45, 7) is 4.46. The van der Waals surface area contributed by atoms with Crippen LogP contribution >= 0.6 is 11.6 Å². The van der Waals surface area contributed by atoms with Gasteiger partial charge in [-0.25, -0.2) is 4.98 Å². The normalized spacial score (nSPS) is 14.3. The molecule has 6 heteroatoms. The summed E-state index contributed by atoms with van der Waals surface area (Å²) in [6.07, 6.45) is 2.80. The van der Waals surface area contributed by atoms with Crippen molar-refractivity contribution in [1.29, 1.82) is 0 Å². The first-order valence-corrected chi connectivity index (χ1v) is 10.1. The first kappa shape index (κ1) is 18.2. The number of benzene rings is 2. The molecule has 0 saturated carbocycles. The van der Waals surface area contributed by atoms with Crippen molar-refractivity contribution >= 4 is 22.5 Å². The number of halogens is 1. The molecule has 0 unspecified atom stereocenters. The molecule has 0 aliphatic carbocycles. The zero-order chi connectivity index (χ0) is 20.0. The molecular formula is C23H21ClN4O. The number of aryl methyl sites for hydroxylation is 1. The predicted octanol–water partition coefficient (Wildman–Crippen LogP) is 4.44. The fourth-order valence-electron chi connectivity index (χ4n) is 4.11. The molecule has 0 fully saturated rings. The molecule has 5 nitrogen and oxygen atoms in total. The van der Waals surface area contributed by atoms with Gasteiger partial charge in [-0.05, 0) is 48.7 Å². The van der Waals surface area contributed by atoms with E-state index in [2.05, 4.69) is 46.2 Å². The van der Waals surface area contributed by atoms with Crippen LogP contribution in [-0.4, -0.2) is 26.4 Å². The highest BCUT2D eigenvalue weighted by Crippen LogP contribution is 2.25. The highest BCUT2D eigenvalue weighted by molar-refractivity contribution is 6.30. The summed E-state index contributed by atoms with van der Waals surface area (Å²) in [4.78, 5) is 26.1. The lowest BCUT2D eigenvalue weighted by Crippen LogP contribution is -2.35. The van der Waals surface area contributed by atoms with Gasteiger partial charge in [0.25, 0.3) is 5.56 Å². The molecule has 0 bridgehead atoms. The van der Waals surface area contributed by atoms with Crippen molar-refractivity contribution in [1.82, 2.24) is 19.9 Å². The number of rotatable bonds is 3. The number of nitrogens with zero attached hydrogens (tertiary/aromatic N) is 2. The Morgan fingerprint density at radius 2 is 2.00 bits per heavy atom. The molecule has 29 heavy (non-hydrogen) atoms. The van der Waals surface area contributed by atoms with Crippen molar-refractivity contribution in [3.05, 3.63) is 86.4 Å². The lowest BCUT2D eigenvalue weighted by atomic mass is 10.0. The van der Waals surface area contributed by atoms with Gasteiger partial charge in [0.15, 0.2) is 0 Å². The molecular weight excluding hydrogens is 384 g/mol. The predicted molar refractivity (Wildman–Crippen MR) is 116 cm³/mol. The van der Waals surface area contributed by atoms with Crippen LogP contribution in [0.5, 0.6) is 0 Å². The van der Waals surface area contributed by atoms with Crippen LogP contribution in [-0.2, 0) is 19.5 Å². The summed E-state index contributed by atoms with van der Waals surface area (Å²) in [5.41, 5.74) is 6.20. The van der Waals surface area contributed by atoms with E-state index in [-0.39, 0.29) is 5.56 Å². The molecule has 0 saturated heterocycles. The molecule has 1 aliphatic heterocycles. The molecule has 0 amide bonds. The van der Waals surface area contributed by atoms with Crippen LogP contribution < -0.4 is 5.56 Å². The minimum absolute atomic E-state index is 0.0395. The van der Waals surface area contributed by atoms with Gasteiger partial charge < -0.3 is 9.97 Å². The molecule has 146 valence electrons. The fraction of sp³-hybridized carbons (Fsp3) is 0.217. The van der Waals surface area contributed by atoms with Gasteiger partial charge in [0.1, 0.15) is 5.82 Å². The second-order valence-electron chi connectivity index (χ2n) is 7.62. The summed E-state index contributed by atoms with van der Waals surface area (Å²) in [5.74, 6) is 0.593. The molecule has 0 atom stereocenters. The van der Waals surface area contributed by atoms with Gasteiger partial charge >= 0.3 is 0 Å². The van der Waals surface area contributed by atoms with E-state index in [9.17, 15) is 4.79 Å². The number of aromatic amines is 2. The van der Waals surface area contributed by atoms with E-state index in [4.69, 9.17) is 16.6 Å². The van der Waals surface area contributed by atoms with Crippen LogP contribution in [0.1, 0.15) is 22.4 Å². The lowest BCUT2D eigenvalue weighted by Gasteiger charge is -2.27. The first-order valence-electron chi connectivity index (χ1n) is 9.74. The number of fused-ring (bicyclic) bond motifs is 2. The Bertz CT molecular complexity index is 1260. The SMILES string of the molecule is Cc1cccc2c(CN3CCc4c(nc(-c5ccc(Cl)cc5)[nH]c4=O)C3)c[nH]c12. The molecule has 0 spiro atoms. The maximum atomic E-state index is 12.6. The molecule has 2 N–H and O–H groups in total. The molecule has 3 heterocycles. The summed E-state index contributed by atoms with van der Waals surface area (Å²) >= 11 is 5.98. The first-order chi connectivity index (χ1) is 14.1. The summed E-state index contributed by atoms with van der Waals surface area (Å²) in [6, 6.07) is 13.7. The van der Waals surface area contributed by atoms with E-state index in [1.165, 1.54) is 22.0 Å². The average molecular weight is 405 g/mol. The molecule has 2 aromatic heterocycles. The van der Waals surface area contributed by atoms with Crippen LogP contribution in [0, 0.1) is 6.92 Å². The third kappa shape index (κ3) is 3.37. The van der Waals surface area contributed by atoms with Crippen LogP contribution in [0.4, 0.5) is 0 Å². The van der Waals surface area contributed by atoms with E-state index in [0.29, 0.717) is 23.8 Å². The largest absolute Gasteiger partial charge is 0.361 e. The number of para-hydroxylation sites is 1. The molecule has 0 radical (unpaired) electrons. The molecule has 1 aliphatic rings. The van der Waals surface area contributed by atoms with E-state index < -0.39 is 0 Å². The van der Waals surface area contributed by atoms with Gasteiger partial charge in [0.05, 0.1) is 5.69 Å². The second kappa shape index (κ2) is 7.17. The Hall–Kier alpha value is -2.89. The molecule has 2 aromatic carbocycles. The maximum absolute atomic E-state index is 12.6. The van der Waals surface area contributed by atoms with Gasteiger partial charge in [-0.2, -0.15) is 0 Å². The lowest BCUT2D eigenvalue weighted by molar-refractivity contribution is 0.241. The third-order valence-electron chi connectivity index (χ3n) is 5.67. The zero-order valence-corrected chi connectivity index (χ0v) is 16.9. The smallest absolute Gasteiger partial charge is 0.254 e. The quantitative estimate of drug-likeness (QED) is 0.530. The molecule has 5 rings (SSSR count). The summed E-state index contributed by atoms with van der Waals surface area (Å²) in [7, 11) is 0. The van der Waals surface area contributed by atoms with E-state index in [1.54, 1.807) is 0 Å². The van der Waals surface area contributed by atoms with Crippen molar-refractivity contribution in [2.75, 3.05) is 6.54 Å². The van der Waals surface area contributed by atoms with Gasteiger partial charge in [-0.15, -0.1) is 0 Å². The zero-order valence-electron chi connectivity index (χ0n) is 16.1. The number of hydrogen-bond acceptors (Lipinski definition) is 3. The van der Waals surface area contributed by atoms with E-state index >= 15 is 0 Å². The number of nitrogens with one attached hydrogen (secondary N) is 2. The highest BCUT2D eigenvalue weighted by Gasteiger charge is 2.22. The monoisotopic (exact) mass is 404 g/mol. The molecule has 4 aromatic rings. The van der Waals surface area contributed by atoms with Crippen molar-refractivity contribution in [3.63, 3.8) is 0 Å². The standard InChI is InChI=1S/C23H21ClN4O/c1-14-3-2-4-18-16(11-25-21(14)18)12-28-10-9-19-20(13-28)26-22(27-23(19)29)15-5-7-17(24)8-6-15/h2-8,11,25H,9-10,12-13H2,1H3,(H,26,27,29). The fourth-order valence-corrected chi connectivity index (χ4v) is 4.23. The number of H-pyrrole nitrogens is 2. The minimum Gasteiger partial charge on any atom is -0.361 e. The Morgan fingerprint density at radius 1 is 1.17 bits per heavy atom. The van der Waals surface area contributed by atoms with Gasteiger partial charge in [-0.1, -0.05) is 29.8 Å². The summed E-state index contributed by atoms with van der Waals surface area (Å²) in [5, 5.41) is 1.92. The van der Waals surface area contributed by atoms with Crippen LogP contribution in [0.15, 0.2) is 53.5 Å². The van der Waals surface area contributed by atoms with Crippen LogP contribution in [0.3, 0.4) is 0 Å². The topological polar surface area (TPSA) is 64.8 Å².